The fourth-order valence-corrected chi connectivity index (χ4v) is 3.03. The van der Waals surface area contributed by atoms with Gasteiger partial charge in [-0.05, 0) is 59.7 Å². The second-order valence-electron chi connectivity index (χ2n) is 7.31. The van der Waals surface area contributed by atoms with E-state index < -0.39 is 5.60 Å². The van der Waals surface area contributed by atoms with E-state index in [2.05, 4.69) is 17.1 Å². The van der Waals surface area contributed by atoms with Crippen molar-refractivity contribution in [2.24, 2.45) is 0 Å². The zero-order chi connectivity index (χ0) is 15.5. The van der Waals surface area contributed by atoms with Crippen molar-refractivity contribution in [3.8, 4) is 0 Å². The standard InChI is InChI=1S/C16H31N3O2/c1-5-18-9-6-7-13(8-10-18)17-14-11-19(12-14)15(20)21-16(2,3)4/h13-14,17H,5-12H2,1-4H3. The van der Waals surface area contributed by atoms with Gasteiger partial charge in [-0.2, -0.15) is 0 Å². The lowest BCUT2D eigenvalue weighted by molar-refractivity contribution is 0.00397. The molecule has 0 aromatic rings. The smallest absolute Gasteiger partial charge is 0.410 e. The Morgan fingerprint density at radius 3 is 2.52 bits per heavy atom. The summed E-state index contributed by atoms with van der Waals surface area (Å²) in [6.07, 6.45) is 3.56. The second kappa shape index (κ2) is 6.97. The molecular weight excluding hydrogens is 266 g/mol. The average molecular weight is 297 g/mol. The molecule has 2 saturated heterocycles. The predicted molar refractivity (Wildman–Crippen MR) is 84.5 cm³/mol. The molecule has 2 heterocycles. The van der Waals surface area contributed by atoms with Crippen molar-refractivity contribution in [2.45, 2.75) is 64.6 Å². The first kappa shape index (κ1) is 16.6. The van der Waals surface area contributed by atoms with Crippen LogP contribution < -0.4 is 5.32 Å². The monoisotopic (exact) mass is 297 g/mol. The van der Waals surface area contributed by atoms with E-state index in [1.165, 1.54) is 32.4 Å². The van der Waals surface area contributed by atoms with Crippen LogP contribution in [0, 0.1) is 0 Å². The Balaban J connectivity index is 1.67. The molecule has 1 unspecified atom stereocenters. The fraction of sp³-hybridized carbons (Fsp3) is 0.938. The summed E-state index contributed by atoms with van der Waals surface area (Å²) in [5.74, 6) is 0. The van der Waals surface area contributed by atoms with Crippen LogP contribution in [0.5, 0.6) is 0 Å². The number of hydrogen-bond donors (Lipinski definition) is 1. The van der Waals surface area contributed by atoms with Gasteiger partial charge in [0.1, 0.15) is 5.60 Å². The number of rotatable bonds is 3. The molecule has 2 rings (SSSR count). The normalized spacial score (nSPS) is 25.3. The van der Waals surface area contributed by atoms with Crippen LogP contribution in [0.1, 0.15) is 47.0 Å². The van der Waals surface area contributed by atoms with E-state index in [-0.39, 0.29) is 6.09 Å². The number of nitrogens with zero attached hydrogens (tertiary/aromatic N) is 2. The number of likely N-dealkylation sites (tertiary alicyclic amines) is 2. The van der Waals surface area contributed by atoms with Crippen molar-refractivity contribution in [3.63, 3.8) is 0 Å². The van der Waals surface area contributed by atoms with Crippen LogP contribution in [0.3, 0.4) is 0 Å². The SMILES string of the molecule is CCN1CCCC(NC2CN(C(=O)OC(C)(C)C)C2)CC1. The first-order valence-electron chi connectivity index (χ1n) is 8.33. The highest BCUT2D eigenvalue weighted by Crippen LogP contribution is 2.18. The van der Waals surface area contributed by atoms with Gasteiger partial charge >= 0.3 is 6.09 Å². The Bertz CT molecular complexity index is 348. The third-order valence-corrected chi connectivity index (χ3v) is 4.27. The van der Waals surface area contributed by atoms with Gasteiger partial charge in [0.2, 0.25) is 0 Å². The summed E-state index contributed by atoms with van der Waals surface area (Å²) in [7, 11) is 0. The number of nitrogens with one attached hydrogen (secondary N) is 1. The minimum Gasteiger partial charge on any atom is -0.444 e. The molecule has 0 radical (unpaired) electrons. The summed E-state index contributed by atoms with van der Waals surface area (Å²) in [4.78, 5) is 16.2. The highest BCUT2D eigenvalue weighted by Gasteiger charge is 2.34. The molecule has 2 aliphatic heterocycles. The van der Waals surface area contributed by atoms with Crippen LogP contribution in [-0.2, 0) is 4.74 Å². The average Bonchev–Trinajstić information content (AvgIpc) is 2.55. The maximum atomic E-state index is 11.9. The van der Waals surface area contributed by atoms with Crippen molar-refractivity contribution >= 4 is 6.09 Å². The van der Waals surface area contributed by atoms with E-state index in [1.54, 1.807) is 4.90 Å². The van der Waals surface area contributed by atoms with Crippen molar-refractivity contribution < 1.29 is 9.53 Å². The zero-order valence-corrected chi connectivity index (χ0v) is 14.0. The fourth-order valence-electron chi connectivity index (χ4n) is 3.03. The summed E-state index contributed by atoms with van der Waals surface area (Å²) < 4.78 is 5.38. The lowest BCUT2D eigenvalue weighted by atomic mass is 10.0. The number of hydrogen-bond acceptors (Lipinski definition) is 4. The lowest BCUT2D eigenvalue weighted by Gasteiger charge is -2.41. The van der Waals surface area contributed by atoms with Gasteiger partial charge in [-0.15, -0.1) is 0 Å². The zero-order valence-electron chi connectivity index (χ0n) is 14.0. The molecule has 1 amide bonds. The Morgan fingerprint density at radius 1 is 1.19 bits per heavy atom. The van der Waals surface area contributed by atoms with Gasteiger partial charge in [0, 0.05) is 25.2 Å². The summed E-state index contributed by atoms with van der Waals surface area (Å²) in [5.41, 5.74) is -0.402. The molecule has 0 bridgehead atoms. The number of ether oxygens (including phenoxy) is 1. The first-order valence-corrected chi connectivity index (χ1v) is 8.33. The predicted octanol–water partition coefficient (Wildman–Crippen LogP) is 2.07. The molecule has 5 nitrogen and oxygen atoms in total. The van der Waals surface area contributed by atoms with E-state index in [9.17, 15) is 4.79 Å². The van der Waals surface area contributed by atoms with Crippen LogP contribution in [-0.4, -0.2) is 66.3 Å². The molecule has 0 saturated carbocycles. The molecule has 0 aromatic heterocycles. The van der Waals surface area contributed by atoms with Crippen LogP contribution in [0.2, 0.25) is 0 Å². The van der Waals surface area contributed by atoms with Crippen molar-refractivity contribution in [3.05, 3.63) is 0 Å². The highest BCUT2D eigenvalue weighted by atomic mass is 16.6. The quantitative estimate of drug-likeness (QED) is 0.866. The van der Waals surface area contributed by atoms with Gasteiger partial charge in [0.05, 0.1) is 0 Å². The van der Waals surface area contributed by atoms with Crippen LogP contribution in [0.4, 0.5) is 4.79 Å². The second-order valence-corrected chi connectivity index (χ2v) is 7.31. The van der Waals surface area contributed by atoms with Crippen LogP contribution >= 0.6 is 0 Å². The van der Waals surface area contributed by atoms with E-state index in [0.717, 1.165) is 19.6 Å². The third-order valence-electron chi connectivity index (χ3n) is 4.27. The first-order chi connectivity index (χ1) is 9.87. The van der Waals surface area contributed by atoms with Gasteiger partial charge in [0.25, 0.3) is 0 Å². The van der Waals surface area contributed by atoms with Crippen molar-refractivity contribution in [2.75, 3.05) is 32.7 Å². The highest BCUT2D eigenvalue weighted by molar-refractivity contribution is 5.69. The maximum absolute atomic E-state index is 11.9. The molecular formula is C16H31N3O2. The molecule has 2 aliphatic rings. The number of carbonyl (C=O) groups is 1. The Hall–Kier alpha value is -0.810. The Kier molecular flexibility index (Phi) is 5.49. The van der Waals surface area contributed by atoms with E-state index >= 15 is 0 Å². The van der Waals surface area contributed by atoms with Gasteiger partial charge in [0.15, 0.2) is 0 Å². The minimum atomic E-state index is -0.402. The van der Waals surface area contributed by atoms with E-state index in [0.29, 0.717) is 12.1 Å². The molecule has 5 heteroatoms. The minimum absolute atomic E-state index is 0.182. The number of amides is 1. The third kappa shape index (κ3) is 5.15. The van der Waals surface area contributed by atoms with E-state index in [1.807, 2.05) is 20.8 Å². The van der Waals surface area contributed by atoms with Crippen molar-refractivity contribution in [1.82, 2.24) is 15.1 Å². The van der Waals surface area contributed by atoms with Crippen LogP contribution in [0.15, 0.2) is 0 Å². The Morgan fingerprint density at radius 2 is 1.90 bits per heavy atom. The molecule has 2 fully saturated rings. The molecule has 1 atom stereocenters. The van der Waals surface area contributed by atoms with Crippen molar-refractivity contribution in [1.29, 1.82) is 0 Å². The van der Waals surface area contributed by atoms with Crippen LogP contribution in [0.25, 0.3) is 0 Å². The van der Waals surface area contributed by atoms with Gasteiger partial charge in [-0.3, -0.25) is 0 Å². The topological polar surface area (TPSA) is 44.8 Å². The van der Waals surface area contributed by atoms with Gasteiger partial charge in [-0.1, -0.05) is 6.92 Å². The number of carbonyl (C=O) groups excluding carboxylic acids is 1. The summed E-state index contributed by atoms with van der Waals surface area (Å²) in [5, 5.41) is 3.71. The lowest BCUT2D eigenvalue weighted by Crippen LogP contribution is -2.62. The van der Waals surface area contributed by atoms with Gasteiger partial charge < -0.3 is 19.9 Å². The molecule has 122 valence electrons. The maximum Gasteiger partial charge on any atom is 0.410 e. The summed E-state index contributed by atoms with van der Waals surface area (Å²) in [6.45, 7) is 13.1. The Labute approximate surface area is 129 Å². The summed E-state index contributed by atoms with van der Waals surface area (Å²) in [6, 6.07) is 1.04. The molecule has 21 heavy (non-hydrogen) atoms. The van der Waals surface area contributed by atoms with Gasteiger partial charge in [-0.25, -0.2) is 4.79 Å². The largest absolute Gasteiger partial charge is 0.444 e. The molecule has 1 N–H and O–H groups in total. The summed E-state index contributed by atoms with van der Waals surface area (Å²) >= 11 is 0. The van der Waals surface area contributed by atoms with E-state index in [4.69, 9.17) is 4.74 Å². The molecule has 0 aliphatic carbocycles. The molecule has 0 aromatic carbocycles. The molecule has 0 spiro atoms.